The molecule has 0 fully saturated rings. The van der Waals surface area contributed by atoms with Gasteiger partial charge in [0, 0.05) is 29.8 Å². The number of hydrogen-bond donors (Lipinski definition) is 1. The van der Waals surface area contributed by atoms with Crippen LogP contribution in [0, 0.1) is 13.8 Å². The number of nitrogens with zero attached hydrogens (tertiary/aromatic N) is 4. The first-order valence-corrected chi connectivity index (χ1v) is 15.1. The highest BCUT2D eigenvalue weighted by molar-refractivity contribution is 8.00. The summed E-state index contributed by atoms with van der Waals surface area (Å²) in [5, 5.41) is 7.93. The third kappa shape index (κ3) is 5.93. The van der Waals surface area contributed by atoms with Crippen LogP contribution in [0.1, 0.15) is 27.5 Å². The monoisotopic (exact) mass is 583 g/mol. The molecule has 1 aromatic heterocycles. The molecule has 8 nitrogen and oxygen atoms in total. The van der Waals surface area contributed by atoms with Gasteiger partial charge in [0.15, 0.2) is 0 Å². The first-order chi connectivity index (χ1) is 20.3. The molecule has 3 aromatic carbocycles. The number of fused-ring (bicyclic) bond motifs is 1. The van der Waals surface area contributed by atoms with E-state index < -0.39 is 0 Å². The zero-order valence-corrected chi connectivity index (χ0v) is 25.6. The largest absolute Gasteiger partial charge is 0.496 e. The summed E-state index contributed by atoms with van der Waals surface area (Å²) in [6.07, 6.45) is 0. The van der Waals surface area contributed by atoms with Crippen LogP contribution in [-0.4, -0.2) is 73.1 Å². The lowest BCUT2D eigenvalue weighted by molar-refractivity contribution is -0.122. The van der Waals surface area contributed by atoms with Crippen LogP contribution in [-0.2, 0) is 9.59 Å². The molecular weight excluding hydrogens is 546 g/mol. The second-order valence-corrected chi connectivity index (χ2v) is 11.7. The standard InChI is InChI=1S/C33H37N5O3S/c1-22-12-11-16-26(23(22)2)38-33-30(31(35-38)24-13-7-6-8-14-24)32(25-15-9-10-17-27(25)41-5)42-21-29(40)37(33)20-28(39)34-18-19-36(3)4/h6-17,32H,18-21H2,1-5H3,(H,34,39). The summed E-state index contributed by atoms with van der Waals surface area (Å²) in [6, 6.07) is 24.0. The van der Waals surface area contributed by atoms with Crippen LogP contribution in [0.25, 0.3) is 16.9 Å². The van der Waals surface area contributed by atoms with Crippen molar-refractivity contribution in [2.45, 2.75) is 19.1 Å². The minimum absolute atomic E-state index is 0.108. The Morgan fingerprint density at radius 3 is 2.52 bits per heavy atom. The van der Waals surface area contributed by atoms with E-state index in [1.807, 2.05) is 90.4 Å². The predicted molar refractivity (Wildman–Crippen MR) is 170 cm³/mol. The number of para-hydroxylation sites is 1. The molecular formula is C33H37N5O3S. The number of anilines is 1. The Bertz CT molecular complexity index is 1580. The molecule has 0 saturated heterocycles. The number of hydrogen-bond acceptors (Lipinski definition) is 6. The number of amides is 2. The molecule has 0 saturated carbocycles. The third-order valence-corrected chi connectivity index (χ3v) is 8.78. The molecule has 2 heterocycles. The highest BCUT2D eigenvalue weighted by atomic mass is 32.2. The van der Waals surface area contributed by atoms with Crippen molar-refractivity contribution >= 4 is 29.4 Å². The van der Waals surface area contributed by atoms with E-state index >= 15 is 0 Å². The van der Waals surface area contributed by atoms with E-state index in [2.05, 4.69) is 25.2 Å². The van der Waals surface area contributed by atoms with Gasteiger partial charge in [-0.05, 0) is 51.2 Å². The molecule has 1 aliphatic rings. The summed E-state index contributed by atoms with van der Waals surface area (Å²) >= 11 is 1.53. The summed E-state index contributed by atoms with van der Waals surface area (Å²) in [6.45, 7) is 5.21. The topological polar surface area (TPSA) is 79.7 Å². The van der Waals surface area contributed by atoms with Gasteiger partial charge in [-0.25, -0.2) is 4.68 Å². The highest BCUT2D eigenvalue weighted by Crippen LogP contribution is 2.50. The molecule has 1 atom stereocenters. The number of carbonyl (C=O) groups excluding carboxylic acids is 2. The van der Waals surface area contributed by atoms with Crippen LogP contribution in [0.4, 0.5) is 5.82 Å². The summed E-state index contributed by atoms with van der Waals surface area (Å²) in [4.78, 5) is 30.9. The van der Waals surface area contributed by atoms with Crippen molar-refractivity contribution < 1.29 is 14.3 Å². The molecule has 1 unspecified atom stereocenters. The van der Waals surface area contributed by atoms with Gasteiger partial charge in [0.2, 0.25) is 11.8 Å². The number of rotatable bonds is 9. The van der Waals surface area contributed by atoms with Crippen molar-refractivity contribution in [2.75, 3.05) is 51.5 Å². The third-order valence-electron chi connectivity index (χ3n) is 7.54. The van der Waals surface area contributed by atoms with Crippen molar-refractivity contribution in [1.82, 2.24) is 20.0 Å². The fourth-order valence-electron chi connectivity index (χ4n) is 5.21. The number of aryl methyl sites for hydroxylation is 1. The van der Waals surface area contributed by atoms with Gasteiger partial charge in [0.1, 0.15) is 18.1 Å². The van der Waals surface area contributed by atoms with Gasteiger partial charge in [-0.1, -0.05) is 60.7 Å². The summed E-state index contributed by atoms with van der Waals surface area (Å²) in [5.74, 6) is 1.18. The number of benzene rings is 3. The Morgan fingerprint density at radius 1 is 1.05 bits per heavy atom. The number of thioether (sulfide) groups is 1. The van der Waals surface area contributed by atoms with Gasteiger partial charge >= 0.3 is 0 Å². The second kappa shape index (κ2) is 12.8. The zero-order valence-electron chi connectivity index (χ0n) is 24.8. The van der Waals surface area contributed by atoms with Crippen LogP contribution in [0.2, 0.25) is 0 Å². The van der Waals surface area contributed by atoms with E-state index in [0.717, 1.165) is 44.9 Å². The molecule has 0 bridgehead atoms. The summed E-state index contributed by atoms with van der Waals surface area (Å²) in [5.41, 5.74) is 6.56. The van der Waals surface area contributed by atoms with Crippen molar-refractivity contribution in [1.29, 1.82) is 0 Å². The van der Waals surface area contributed by atoms with E-state index in [4.69, 9.17) is 9.84 Å². The average molecular weight is 584 g/mol. The molecule has 0 radical (unpaired) electrons. The summed E-state index contributed by atoms with van der Waals surface area (Å²) in [7, 11) is 5.58. The van der Waals surface area contributed by atoms with E-state index in [1.54, 1.807) is 12.0 Å². The Labute approximate surface area is 251 Å². The predicted octanol–water partition coefficient (Wildman–Crippen LogP) is 5.01. The van der Waals surface area contributed by atoms with Crippen LogP contribution in [0.15, 0.2) is 72.8 Å². The zero-order chi connectivity index (χ0) is 29.8. The van der Waals surface area contributed by atoms with E-state index in [1.165, 1.54) is 11.8 Å². The minimum Gasteiger partial charge on any atom is -0.496 e. The first-order valence-electron chi connectivity index (χ1n) is 14.0. The quantitative estimate of drug-likeness (QED) is 0.298. The Morgan fingerprint density at radius 2 is 1.79 bits per heavy atom. The normalized spacial score (nSPS) is 15.0. The van der Waals surface area contributed by atoms with E-state index in [9.17, 15) is 9.59 Å². The summed E-state index contributed by atoms with van der Waals surface area (Å²) < 4.78 is 7.66. The molecule has 1 aliphatic heterocycles. The van der Waals surface area contributed by atoms with Crippen molar-refractivity contribution in [3.05, 3.63) is 95.1 Å². The molecule has 218 valence electrons. The van der Waals surface area contributed by atoms with Gasteiger partial charge in [-0.2, -0.15) is 5.10 Å². The van der Waals surface area contributed by atoms with Crippen LogP contribution >= 0.6 is 11.8 Å². The Hall–Kier alpha value is -4.08. The molecule has 5 rings (SSSR count). The number of aromatic nitrogens is 2. The maximum atomic E-state index is 14.0. The Balaban J connectivity index is 1.77. The lowest BCUT2D eigenvalue weighted by atomic mass is 9.98. The van der Waals surface area contributed by atoms with Gasteiger partial charge in [0.05, 0.1) is 29.5 Å². The van der Waals surface area contributed by atoms with Crippen LogP contribution in [0.5, 0.6) is 5.75 Å². The van der Waals surface area contributed by atoms with Crippen molar-refractivity contribution in [3.8, 4) is 22.7 Å². The van der Waals surface area contributed by atoms with Gasteiger partial charge in [-0.3, -0.25) is 14.5 Å². The molecule has 1 N–H and O–H groups in total. The van der Waals surface area contributed by atoms with Crippen LogP contribution in [0.3, 0.4) is 0 Å². The van der Waals surface area contributed by atoms with Gasteiger partial charge in [-0.15, -0.1) is 11.8 Å². The van der Waals surface area contributed by atoms with Gasteiger partial charge in [0.25, 0.3) is 0 Å². The molecule has 42 heavy (non-hydrogen) atoms. The molecule has 2 amide bonds. The number of carbonyl (C=O) groups is 2. The number of methoxy groups -OCH3 is 1. The van der Waals surface area contributed by atoms with Gasteiger partial charge < -0.3 is 15.0 Å². The molecule has 9 heteroatoms. The lowest BCUT2D eigenvalue weighted by Crippen LogP contribution is -2.43. The molecule has 4 aromatic rings. The Kier molecular flexibility index (Phi) is 8.99. The fourth-order valence-corrected chi connectivity index (χ4v) is 6.43. The van der Waals surface area contributed by atoms with Crippen LogP contribution < -0.4 is 15.0 Å². The fraction of sp³-hybridized carbons (Fsp3) is 0.303. The first kappa shape index (κ1) is 29.4. The average Bonchev–Trinajstić information content (AvgIpc) is 3.31. The van der Waals surface area contributed by atoms with Crippen molar-refractivity contribution in [2.24, 2.45) is 0 Å². The second-order valence-electron chi connectivity index (χ2n) is 10.6. The number of ether oxygens (including phenoxy) is 1. The SMILES string of the molecule is COc1ccccc1C1SCC(=O)N(CC(=O)NCCN(C)C)c2c1c(-c1ccccc1)nn2-c1cccc(C)c1C. The lowest BCUT2D eigenvalue weighted by Gasteiger charge is -2.24. The number of likely N-dealkylation sites (N-methyl/N-ethyl adjacent to an activating group) is 1. The molecule has 0 aliphatic carbocycles. The smallest absolute Gasteiger partial charge is 0.240 e. The van der Waals surface area contributed by atoms with Crippen molar-refractivity contribution in [3.63, 3.8) is 0 Å². The minimum atomic E-state index is -0.268. The van der Waals surface area contributed by atoms with E-state index in [-0.39, 0.29) is 29.4 Å². The van der Waals surface area contributed by atoms with E-state index in [0.29, 0.717) is 18.9 Å². The highest BCUT2D eigenvalue weighted by Gasteiger charge is 2.38. The number of nitrogens with one attached hydrogen (secondary N) is 1. The molecule has 0 spiro atoms. The maximum absolute atomic E-state index is 14.0. The maximum Gasteiger partial charge on any atom is 0.240 e.